The van der Waals surface area contributed by atoms with Gasteiger partial charge in [-0.3, -0.25) is 4.79 Å². The second kappa shape index (κ2) is 7.43. The van der Waals surface area contributed by atoms with Gasteiger partial charge in [0.1, 0.15) is 12.4 Å². The van der Waals surface area contributed by atoms with Gasteiger partial charge in [-0.25, -0.2) is 4.98 Å². The summed E-state index contributed by atoms with van der Waals surface area (Å²) in [4.78, 5) is 18.2. The number of imidazole rings is 1. The average Bonchev–Trinajstić information content (AvgIpc) is 2.92. The van der Waals surface area contributed by atoms with Crippen LogP contribution in [0.15, 0.2) is 12.4 Å². The zero-order valence-electron chi connectivity index (χ0n) is 12.5. The Morgan fingerprint density at radius 1 is 1.40 bits per heavy atom. The molecular formula is C15H25N3O2. The molecule has 1 saturated heterocycles. The number of aryl methyl sites for hydroxylation is 1. The van der Waals surface area contributed by atoms with Crippen LogP contribution in [0.4, 0.5) is 0 Å². The van der Waals surface area contributed by atoms with Crippen molar-refractivity contribution in [1.29, 1.82) is 0 Å². The Morgan fingerprint density at radius 2 is 2.15 bits per heavy atom. The van der Waals surface area contributed by atoms with Gasteiger partial charge in [0.15, 0.2) is 0 Å². The van der Waals surface area contributed by atoms with E-state index in [-0.39, 0.29) is 12.5 Å². The Morgan fingerprint density at radius 3 is 2.80 bits per heavy atom. The lowest BCUT2D eigenvalue weighted by molar-refractivity contribution is -0.137. The number of amides is 1. The lowest BCUT2D eigenvalue weighted by Crippen LogP contribution is -2.41. The number of aromatic nitrogens is 2. The predicted molar refractivity (Wildman–Crippen MR) is 77.4 cm³/mol. The van der Waals surface area contributed by atoms with Crippen LogP contribution < -0.4 is 0 Å². The number of likely N-dealkylation sites (tertiary alicyclic amines) is 1. The third-order valence-corrected chi connectivity index (χ3v) is 3.97. The third-order valence-electron chi connectivity index (χ3n) is 3.97. The van der Waals surface area contributed by atoms with Gasteiger partial charge in [0.25, 0.3) is 0 Å². The van der Waals surface area contributed by atoms with E-state index in [1.54, 1.807) is 0 Å². The SMILES string of the molecule is CCOCC(=O)N1CCC(Cn2ccnc2CC)CC1. The second-order valence-electron chi connectivity index (χ2n) is 5.31. The number of hydrogen-bond acceptors (Lipinski definition) is 3. The Kier molecular flexibility index (Phi) is 5.59. The van der Waals surface area contributed by atoms with Crippen molar-refractivity contribution in [3.63, 3.8) is 0 Å². The van der Waals surface area contributed by atoms with Crippen LogP contribution in [0.3, 0.4) is 0 Å². The minimum absolute atomic E-state index is 0.127. The predicted octanol–water partition coefficient (Wildman–Crippen LogP) is 1.72. The first-order valence-corrected chi connectivity index (χ1v) is 7.60. The van der Waals surface area contributed by atoms with Gasteiger partial charge in [-0.05, 0) is 25.7 Å². The first kappa shape index (κ1) is 15.0. The van der Waals surface area contributed by atoms with E-state index in [1.807, 2.05) is 18.0 Å². The smallest absolute Gasteiger partial charge is 0.248 e. The Labute approximate surface area is 120 Å². The van der Waals surface area contributed by atoms with E-state index in [9.17, 15) is 4.79 Å². The number of rotatable bonds is 6. The first-order chi connectivity index (χ1) is 9.74. The molecule has 1 fully saturated rings. The molecule has 0 aliphatic carbocycles. The van der Waals surface area contributed by atoms with Crippen LogP contribution in [-0.4, -0.2) is 46.7 Å². The number of nitrogens with zero attached hydrogens (tertiary/aromatic N) is 3. The molecule has 1 amide bonds. The molecule has 0 N–H and O–H groups in total. The molecule has 5 nitrogen and oxygen atoms in total. The second-order valence-corrected chi connectivity index (χ2v) is 5.31. The number of carbonyl (C=O) groups is 1. The fourth-order valence-corrected chi connectivity index (χ4v) is 2.74. The Bertz CT molecular complexity index is 423. The summed E-state index contributed by atoms with van der Waals surface area (Å²) in [6.45, 7) is 7.60. The van der Waals surface area contributed by atoms with Crippen LogP contribution in [-0.2, 0) is 22.5 Å². The van der Waals surface area contributed by atoms with Crippen molar-refractivity contribution in [2.75, 3.05) is 26.3 Å². The van der Waals surface area contributed by atoms with Gasteiger partial charge < -0.3 is 14.2 Å². The van der Waals surface area contributed by atoms with Crippen LogP contribution in [0.2, 0.25) is 0 Å². The molecule has 1 aliphatic rings. The molecule has 0 unspecified atom stereocenters. The van der Waals surface area contributed by atoms with Gasteiger partial charge in [-0.2, -0.15) is 0 Å². The molecule has 1 aliphatic heterocycles. The van der Waals surface area contributed by atoms with E-state index < -0.39 is 0 Å². The van der Waals surface area contributed by atoms with E-state index in [0.717, 1.165) is 44.7 Å². The molecule has 1 aromatic rings. The maximum absolute atomic E-state index is 11.9. The van der Waals surface area contributed by atoms with E-state index in [1.165, 1.54) is 0 Å². The van der Waals surface area contributed by atoms with Crippen LogP contribution in [0, 0.1) is 5.92 Å². The monoisotopic (exact) mass is 279 g/mol. The minimum atomic E-state index is 0.127. The maximum atomic E-state index is 11.9. The standard InChI is InChI=1S/C15H25N3O2/c1-3-14-16-7-10-18(14)11-13-5-8-17(9-6-13)15(19)12-20-4-2/h7,10,13H,3-6,8-9,11-12H2,1-2H3. The molecule has 0 radical (unpaired) electrons. The largest absolute Gasteiger partial charge is 0.372 e. The van der Waals surface area contributed by atoms with E-state index in [0.29, 0.717) is 12.5 Å². The number of ether oxygens (including phenoxy) is 1. The summed E-state index contributed by atoms with van der Waals surface area (Å²) in [5.74, 6) is 1.92. The van der Waals surface area contributed by atoms with E-state index >= 15 is 0 Å². The van der Waals surface area contributed by atoms with Crippen LogP contribution in [0.25, 0.3) is 0 Å². The maximum Gasteiger partial charge on any atom is 0.248 e. The van der Waals surface area contributed by atoms with E-state index in [4.69, 9.17) is 4.74 Å². The lowest BCUT2D eigenvalue weighted by atomic mass is 9.96. The highest BCUT2D eigenvalue weighted by molar-refractivity contribution is 5.77. The highest BCUT2D eigenvalue weighted by Crippen LogP contribution is 2.20. The molecule has 0 atom stereocenters. The first-order valence-electron chi connectivity index (χ1n) is 7.60. The molecule has 2 heterocycles. The quantitative estimate of drug-likeness (QED) is 0.796. The normalized spacial score (nSPS) is 16.6. The van der Waals surface area contributed by atoms with Gasteiger partial charge in [-0.1, -0.05) is 6.92 Å². The van der Waals surface area contributed by atoms with Crippen molar-refractivity contribution in [2.24, 2.45) is 5.92 Å². The van der Waals surface area contributed by atoms with Crippen molar-refractivity contribution in [2.45, 2.75) is 39.7 Å². The summed E-state index contributed by atoms with van der Waals surface area (Å²) in [5.41, 5.74) is 0. The van der Waals surface area contributed by atoms with Gasteiger partial charge in [-0.15, -0.1) is 0 Å². The summed E-state index contributed by atoms with van der Waals surface area (Å²) in [6.07, 6.45) is 7.04. The van der Waals surface area contributed by atoms with Gasteiger partial charge in [0.05, 0.1) is 0 Å². The summed E-state index contributed by atoms with van der Waals surface area (Å²) in [7, 11) is 0. The topological polar surface area (TPSA) is 47.4 Å². The molecule has 0 aromatic carbocycles. The van der Waals surface area contributed by atoms with Gasteiger partial charge in [0.2, 0.25) is 5.91 Å². The number of hydrogen-bond donors (Lipinski definition) is 0. The Hall–Kier alpha value is -1.36. The molecule has 1 aromatic heterocycles. The molecule has 0 spiro atoms. The fourth-order valence-electron chi connectivity index (χ4n) is 2.74. The summed E-state index contributed by atoms with van der Waals surface area (Å²) < 4.78 is 7.44. The third kappa shape index (κ3) is 3.82. The van der Waals surface area contributed by atoms with Gasteiger partial charge in [0, 0.05) is 45.1 Å². The number of carbonyl (C=O) groups excluding carboxylic acids is 1. The van der Waals surface area contributed by atoms with Crippen molar-refractivity contribution in [3.05, 3.63) is 18.2 Å². The van der Waals surface area contributed by atoms with Crippen LogP contribution in [0.5, 0.6) is 0 Å². The van der Waals surface area contributed by atoms with Crippen molar-refractivity contribution in [1.82, 2.24) is 14.5 Å². The number of piperidine rings is 1. The summed E-state index contributed by atoms with van der Waals surface area (Å²) in [5, 5.41) is 0. The highest BCUT2D eigenvalue weighted by atomic mass is 16.5. The van der Waals surface area contributed by atoms with Crippen molar-refractivity contribution < 1.29 is 9.53 Å². The molecule has 112 valence electrons. The minimum Gasteiger partial charge on any atom is -0.372 e. The molecule has 5 heteroatoms. The molecule has 0 bridgehead atoms. The summed E-state index contributed by atoms with van der Waals surface area (Å²) >= 11 is 0. The highest BCUT2D eigenvalue weighted by Gasteiger charge is 2.23. The van der Waals surface area contributed by atoms with Crippen molar-refractivity contribution >= 4 is 5.91 Å². The average molecular weight is 279 g/mol. The molecule has 0 saturated carbocycles. The van der Waals surface area contributed by atoms with Crippen LogP contribution >= 0.6 is 0 Å². The Balaban J connectivity index is 1.78. The fraction of sp³-hybridized carbons (Fsp3) is 0.733. The van der Waals surface area contributed by atoms with Crippen LogP contribution in [0.1, 0.15) is 32.5 Å². The van der Waals surface area contributed by atoms with E-state index in [2.05, 4.69) is 22.7 Å². The van der Waals surface area contributed by atoms with Crippen molar-refractivity contribution in [3.8, 4) is 0 Å². The lowest BCUT2D eigenvalue weighted by Gasteiger charge is -2.32. The molecule has 20 heavy (non-hydrogen) atoms. The molecule has 2 rings (SSSR count). The van der Waals surface area contributed by atoms with Gasteiger partial charge >= 0.3 is 0 Å². The molecular weight excluding hydrogens is 254 g/mol. The zero-order chi connectivity index (χ0) is 14.4. The zero-order valence-corrected chi connectivity index (χ0v) is 12.5. The summed E-state index contributed by atoms with van der Waals surface area (Å²) in [6, 6.07) is 0.